The Morgan fingerprint density at radius 3 is 2.38 bits per heavy atom. The second-order valence-corrected chi connectivity index (χ2v) is 8.77. The lowest BCUT2D eigenvalue weighted by molar-refractivity contribution is 0.336. The highest BCUT2D eigenvalue weighted by Crippen LogP contribution is 2.32. The van der Waals surface area contributed by atoms with Gasteiger partial charge in [0, 0.05) is 35.9 Å². The lowest BCUT2D eigenvalue weighted by Crippen LogP contribution is -2.19. The van der Waals surface area contributed by atoms with E-state index in [4.69, 9.17) is 9.84 Å². The van der Waals surface area contributed by atoms with Crippen LogP contribution in [0.3, 0.4) is 0 Å². The van der Waals surface area contributed by atoms with Crippen molar-refractivity contribution in [3.8, 4) is 28.1 Å². The summed E-state index contributed by atoms with van der Waals surface area (Å²) in [7, 11) is -2.06. The normalized spacial score (nSPS) is 11.5. The van der Waals surface area contributed by atoms with Gasteiger partial charge in [0.1, 0.15) is 5.69 Å². The summed E-state index contributed by atoms with van der Waals surface area (Å²) >= 11 is 0. The van der Waals surface area contributed by atoms with Crippen LogP contribution >= 0.6 is 0 Å². The first-order chi connectivity index (χ1) is 15.6. The summed E-state index contributed by atoms with van der Waals surface area (Å²) in [5, 5.41) is 4.81. The molecule has 0 fully saturated rings. The number of para-hydroxylation sites is 1. The van der Waals surface area contributed by atoms with Gasteiger partial charge in [0.25, 0.3) is 0 Å². The van der Waals surface area contributed by atoms with Crippen LogP contribution in [0.5, 0.6) is 0 Å². The van der Waals surface area contributed by atoms with E-state index in [1.165, 1.54) is 19.6 Å². The molecular weight excluding hydrogens is 424 g/mol. The topological polar surface area (TPSA) is 86.1 Å². The number of nitrogens with one attached hydrogen (secondary N) is 1. The van der Waals surface area contributed by atoms with Crippen LogP contribution in [0.15, 0.2) is 97.8 Å². The third-order valence-electron chi connectivity index (χ3n) is 4.76. The second kappa shape index (κ2) is 9.49. The number of methoxy groups -OCH3 is 1. The highest BCUT2D eigenvalue weighted by atomic mass is 32.2. The van der Waals surface area contributed by atoms with Crippen LogP contribution in [0.4, 0.5) is 0 Å². The molecule has 2 heterocycles. The summed E-state index contributed by atoms with van der Waals surface area (Å²) in [5.74, 6) is -0.137. The summed E-state index contributed by atoms with van der Waals surface area (Å²) in [6, 6.07) is 21.2. The van der Waals surface area contributed by atoms with E-state index in [0.29, 0.717) is 5.56 Å². The van der Waals surface area contributed by atoms with Crippen molar-refractivity contribution < 1.29 is 13.2 Å². The minimum atomic E-state index is -3.51. The third-order valence-corrected chi connectivity index (χ3v) is 5.97. The van der Waals surface area contributed by atoms with Gasteiger partial charge < -0.3 is 4.74 Å². The lowest BCUT2D eigenvalue weighted by atomic mass is 10.0. The molecule has 0 atom stereocenters. The number of hydrogen-bond donors (Lipinski definition) is 1. The van der Waals surface area contributed by atoms with E-state index in [9.17, 15) is 8.42 Å². The minimum Gasteiger partial charge on any atom is -0.503 e. The van der Waals surface area contributed by atoms with Crippen LogP contribution in [0, 0.1) is 0 Å². The highest BCUT2D eigenvalue weighted by molar-refractivity contribution is 7.88. The summed E-state index contributed by atoms with van der Waals surface area (Å²) in [6.07, 6.45) is 7.97. The largest absolute Gasteiger partial charge is 0.503 e. The Kier molecular flexibility index (Phi) is 6.32. The SMILES string of the molecule is CO/C=C/NS(=O)(=O)Cc1ccc(-c2cn(-c3ccccc3)nc2-c2ccncc2)cc1. The molecule has 2 aromatic carbocycles. The van der Waals surface area contributed by atoms with E-state index in [0.717, 1.165) is 28.1 Å². The van der Waals surface area contributed by atoms with Crippen molar-refractivity contribution in [3.05, 3.63) is 103 Å². The van der Waals surface area contributed by atoms with Crippen LogP contribution in [0.25, 0.3) is 28.1 Å². The van der Waals surface area contributed by atoms with E-state index >= 15 is 0 Å². The van der Waals surface area contributed by atoms with Gasteiger partial charge >= 0.3 is 0 Å². The van der Waals surface area contributed by atoms with Crippen LogP contribution < -0.4 is 4.72 Å². The number of aromatic nitrogens is 3. The highest BCUT2D eigenvalue weighted by Gasteiger charge is 2.15. The summed E-state index contributed by atoms with van der Waals surface area (Å²) < 4.78 is 33.3. The van der Waals surface area contributed by atoms with Gasteiger partial charge in [-0.2, -0.15) is 5.10 Å². The van der Waals surface area contributed by atoms with Crippen molar-refractivity contribution in [1.82, 2.24) is 19.5 Å². The number of hydrogen-bond acceptors (Lipinski definition) is 5. The van der Waals surface area contributed by atoms with Gasteiger partial charge in [-0.1, -0.05) is 42.5 Å². The van der Waals surface area contributed by atoms with E-state index < -0.39 is 10.0 Å². The maximum atomic E-state index is 12.2. The monoisotopic (exact) mass is 446 g/mol. The lowest BCUT2D eigenvalue weighted by Gasteiger charge is -2.06. The Morgan fingerprint density at radius 2 is 1.69 bits per heavy atom. The predicted octanol–water partition coefficient (Wildman–Crippen LogP) is 4.14. The van der Waals surface area contributed by atoms with Crippen LogP contribution in [0.2, 0.25) is 0 Å². The summed E-state index contributed by atoms with van der Waals surface area (Å²) in [5.41, 5.74) is 5.27. The van der Waals surface area contributed by atoms with Gasteiger partial charge in [-0.3, -0.25) is 9.71 Å². The van der Waals surface area contributed by atoms with E-state index in [1.807, 2.05) is 77.6 Å². The van der Waals surface area contributed by atoms with Gasteiger partial charge in [-0.25, -0.2) is 13.1 Å². The van der Waals surface area contributed by atoms with Crippen molar-refractivity contribution in [3.63, 3.8) is 0 Å². The number of pyridine rings is 1. The quantitative estimate of drug-likeness (QED) is 0.411. The predicted molar refractivity (Wildman–Crippen MR) is 124 cm³/mol. The molecule has 8 heteroatoms. The summed E-state index contributed by atoms with van der Waals surface area (Å²) in [6.45, 7) is 0. The van der Waals surface area contributed by atoms with Crippen LogP contribution in [0.1, 0.15) is 5.56 Å². The number of ether oxygens (including phenoxy) is 1. The Labute approximate surface area is 187 Å². The molecule has 162 valence electrons. The smallest absolute Gasteiger partial charge is 0.236 e. The number of nitrogens with zero attached hydrogens (tertiary/aromatic N) is 3. The fourth-order valence-corrected chi connectivity index (χ4v) is 4.24. The zero-order valence-electron chi connectivity index (χ0n) is 17.4. The van der Waals surface area contributed by atoms with Gasteiger partial charge in [-0.05, 0) is 35.4 Å². The van der Waals surface area contributed by atoms with Crippen LogP contribution in [-0.2, 0) is 20.5 Å². The van der Waals surface area contributed by atoms with Crippen molar-refractivity contribution >= 4 is 10.0 Å². The molecular formula is C24H22N4O3S. The Hall–Kier alpha value is -3.91. The van der Waals surface area contributed by atoms with Crippen molar-refractivity contribution in [1.29, 1.82) is 0 Å². The van der Waals surface area contributed by atoms with Crippen LogP contribution in [-0.4, -0.2) is 30.3 Å². The Morgan fingerprint density at radius 1 is 0.969 bits per heavy atom. The molecule has 0 aliphatic heterocycles. The van der Waals surface area contributed by atoms with Gasteiger partial charge in [0.2, 0.25) is 10.0 Å². The first kappa shape index (κ1) is 21.3. The zero-order valence-corrected chi connectivity index (χ0v) is 18.2. The fraction of sp³-hybridized carbons (Fsp3) is 0.0833. The van der Waals surface area contributed by atoms with Gasteiger partial charge in [0.15, 0.2) is 0 Å². The molecule has 4 rings (SSSR count). The molecule has 4 aromatic rings. The first-order valence-corrected chi connectivity index (χ1v) is 11.5. The molecule has 0 radical (unpaired) electrons. The molecule has 7 nitrogen and oxygen atoms in total. The molecule has 0 aliphatic rings. The van der Waals surface area contributed by atoms with Crippen molar-refractivity contribution in [2.24, 2.45) is 0 Å². The fourth-order valence-electron chi connectivity index (χ4n) is 3.26. The van der Waals surface area contributed by atoms with E-state index in [2.05, 4.69) is 9.71 Å². The number of sulfonamides is 1. The van der Waals surface area contributed by atoms with E-state index in [1.54, 1.807) is 12.4 Å². The molecule has 0 saturated heterocycles. The third kappa shape index (κ3) is 5.04. The number of rotatable bonds is 8. The standard InChI is InChI=1S/C24H22N4O3S/c1-31-16-15-26-32(29,30)18-19-7-9-20(10-8-19)23-17-28(22-5-3-2-4-6-22)27-24(23)21-11-13-25-14-12-21/h2-17,26H,18H2,1H3/b16-15+. The molecule has 0 unspecified atom stereocenters. The molecule has 0 spiro atoms. The molecule has 1 N–H and O–H groups in total. The number of benzene rings is 2. The Bertz CT molecular complexity index is 1300. The van der Waals surface area contributed by atoms with Crippen molar-refractivity contribution in [2.75, 3.05) is 7.11 Å². The summed E-state index contributed by atoms with van der Waals surface area (Å²) in [4.78, 5) is 4.10. The Balaban J connectivity index is 1.67. The average Bonchev–Trinajstić information content (AvgIpc) is 3.26. The molecule has 0 aliphatic carbocycles. The molecule has 32 heavy (non-hydrogen) atoms. The maximum Gasteiger partial charge on any atom is 0.236 e. The second-order valence-electron chi connectivity index (χ2n) is 7.02. The molecule has 2 aromatic heterocycles. The van der Waals surface area contributed by atoms with E-state index in [-0.39, 0.29) is 5.75 Å². The first-order valence-electron chi connectivity index (χ1n) is 9.88. The maximum absolute atomic E-state index is 12.2. The van der Waals surface area contributed by atoms with Gasteiger partial charge in [0.05, 0.1) is 24.8 Å². The zero-order chi connectivity index (χ0) is 22.4. The molecule has 0 saturated carbocycles. The molecule has 0 bridgehead atoms. The molecule has 0 amide bonds. The average molecular weight is 447 g/mol. The van der Waals surface area contributed by atoms with Crippen molar-refractivity contribution in [2.45, 2.75) is 5.75 Å². The minimum absolute atomic E-state index is 0.137. The van der Waals surface area contributed by atoms with Gasteiger partial charge in [-0.15, -0.1) is 0 Å².